The van der Waals surface area contributed by atoms with Crippen molar-refractivity contribution in [2.24, 2.45) is 0 Å². The maximum absolute atomic E-state index is 14.2. The SMILES string of the molecule is CC[C@H]1c2cccn2-c2sc3c(c2CN1C(=O)Nc1cc(F)ccc1F)CCCC3. The highest BCUT2D eigenvalue weighted by molar-refractivity contribution is 7.15. The third-order valence-electron chi connectivity index (χ3n) is 6.12. The van der Waals surface area contributed by atoms with Crippen molar-refractivity contribution in [2.75, 3.05) is 5.32 Å². The first kappa shape index (κ1) is 19.3. The first-order valence-electron chi connectivity index (χ1n) is 10.4. The molecule has 2 aliphatic rings. The lowest BCUT2D eigenvalue weighted by atomic mass is 9.95. The highest BCUT2D eigenvalue weighted by Crippen LogP contribution is 2.43. The van der Waals surface area contributed by atoms with Crippen LogP contribution in [0, 0.1) is 11.6 Å². The van der Waals surface area contributed by atoms with Gasteiger partial charge in [0.1, 0.15) is 16.6 Å². The molecule has 1 aliphatic carbocycles. The molecule has 3 heterocycles. The fourth-order valence-corrected chi connectivity index (χ4v) is 6.09. The fourth-order valence-electron chi connectivity index (χ4n) is 4.69. The molecule has 0 saturated carbocycles. The number of aryl methyl sites for hydroxylation is 1. The van der Waals surface area contributed by atoms with Gasteiger partial charge >= 0.3 is 6.03 Å². The second kappa shape index (κ2) is 7.54. The predicted octanol–water partition coefficient (Wildman–Crippen LogP) is 6.19. The normalized spacial score (nSPS) is 17.7. The Kier molecular flexibility index (Phi) is 4.85. The summed E-state index contributed by atoms with van der Waals surface area (Å²) in [5.74, 6) is -1.23. The van der Waals surface area contributed by atoms with Crippen molar-refractivity contribution in [3.8, 4) is 5.00 Å². The summed E-state index contributed by atoms with van der Waals surface area (Å²) in [6.45, 7) is 2.50. The Bertz CT molecular complexity index is 1120. The van der Waals surface area contributed by atoms with Crippen molar-refractivity contribution in [1.29, 1.82) is 0 Å². The number of carbonyl (C=O) groups excluding carboxylic acids is 1. The van der Waals surface area contributed by atoms with Gasteiger partial charge in [0.05, 0.1) is 18.3 Å². The first-order valence-corrected chi connectivity index (χ1v) is 11.2. The van der Waals surface area contributed by atoms with Gasteiger partial charge in [-0.3, -0.25) is 0 Å². The number of rotatable bonds is 2. The fraction of sp³-hybridized carbons (Fsp3) is 0.348. The zero-order valence-electron chi connectivity index (χ0n) is 16.8. The summed E-state index contributed by atoms with van der Waals surface area (Å²) in [5.41, 5.74) is 3.47. The third-order valence-corrected chi connectivity index (χ3v) is 7.46. The van der Waals surface area contributed by atoms with E-state index < -0.39 is 17.7 Å². The van der Waals surface area contributed by atoms with Gasteiger partial charge in [0.2, 0.25) is 0 Å². The number of nitrogens with zero attached hydrogens (tertiary/aromatic N) is 2. The van der Waals surface area contributed by atoms with Crippen LogP contribution < -0.4 is 5.32 Å². The van der Waals surface area contributed by atoms with E-state index in [4.69, 9.17) is 0 Å². The van der Waals surface area contributed by atoms with E-state index in [0.717, 1.165) is 49.6 Å². The minimum absolute atomic E-state index is 0.137. The standard InChI is InChI=1S/C23H23F2N3OS/c1-2-19-20-7-5-11-27(20)22-16(15-6-3-4-8-21(15)30-22)13-28(19)23(29)26-18-12-14(24)9-10-17(18)25/h5,7,9-12,19H,2-4,6,8,13H2,1H3,(H,26,29)/t19-/m0/s1. The van der Waals surface area contributed by atoms with Gasteiger partial charge in [0.25, 0.3) is 0 Å². The molecule has 1 N–H and O–H groups in total. The van der Waals surface area contributed by atoms with Gasteiger partial charge in [-0.1, -0.05) is 6.92 Å². The predicted molar refractivity (Wildman–Crippen MR) is 114 cm³/mol. The monoisotopic (exact) mass is 427 g/mol. The summed E-state index contributed by atoms with van der Waals surface area (Å²) in [6.07, 6.45) is 7.26. The minimum Gasteiger partial charge on any atom is -0.312 e. The van der Waals surface area contributed by atoms with Crippen LogP contribution in [0.4, 0.5) is 19.3 Å². The number of hydrogen-bond acceptors (Lipinski definition) is 2. The van der Waals surface area contributed by atoms with E-state index in [1.165, 1.54) is 27.4 Å². The number of carbonyl (C=O) groups is 1. The molecule has 0 saturated heterocycles. The van der Waals surface area contributed by atoms with Crippen LogP contribution in [0.2, 0.25) is 0 Å². The van der Waals surface area contributed by atoms with E-state index in [1.807, 2.05) is 30.4 Å². The van der Waals surface area contributed by atoms with Gasteiger partial charge in [0, 0.05) is 28.4 Å². The number of benzene rings is 1. The second-order valence-electron chi connectivity index (χ2n) is 7.90. The quantitative estimate of drug-likeness (QED) is 0.520. The molecule has 0 fully saturated rings. The summed E-state index contributed by atoms with van der Waals surface area (Å²) in [7, 11) is 0. The van der Waals surface area contributed by atoms with Gasteiger partial charge < -0.3 is 14.8 Å². The average molecular weight is 428 g/mol. The summed E-state index contributed by atoms with van der Waals surface area (Å²) >= 11 is 1.83. The number of urea groups is 1. The third kappa shape index (κ3) is 3.12. The summed E-state index contributed by atoms with van der Waals surface area (Å²) in [4.78, 5) is 16.5. The molecule has 7 heteroatoms. The first-order chi connectivity index (χ1) is 14.6. The van der Waals surface area contributed by atoms with Crippen LogP contribution in [0.3, 0.4) is 0 Å². The molecule has 2 amide bonds. The highest BCUT2D eigenvalue weighted by atomic mass is 32.1. The van der Waals surface area contributed by atoms with Gasteiger partial charge in [-0.05, 0) is 61.9 Å². The molecule has 1 aromatic carbocycles. The number of nitrogens with one attached hydrogen (secondary N) is 1. The molecular formula is C23H23F2N3OS. The van der Waals surface area contributed by atoms with Crippen LogP contribution in [-0.2, 0) is 19.4 Å². The molecule has 0 radical (unpaired) electrons. The second-order valence-corrected chi connectivity index (χ2v) is 8.99. The average Bonchev–Trinajstić information content (AvgIpc) is 3.33. The number of anilines is 1. The summed E-state index contributed by atoms with van der Waals surface area (Å²) < 4.78 is 30.0. The van der Waals surface area contributed by atoms with E-state index in [2.05, 4.69) is 16.1 Å². The Morgan fingerprint density at radius 1 is 1.20 bits per heavy atom. The molecule has 1 aliphatic heterocycles. The van der Waals surface area contributed by atoms with Crippen LogP contribution in [0.25, 0.3) is 5.00 Å². The molecule has 2 aromatic heterocycles. The number of amides is 2. The molecule has 0 bridgehead atoms. The lowest BCUT2D eigenvalue weighted by Crippen LogP contribution is -2.37. The van der Waals surface area contributed by atoms with Crippen LogP contribution in [0.5, 0.6) is 0 Å². The van der Waals surface area contributed by atoms with Gasteiger partial charge in [-0.25, -0.2) is 13.6 Å². The number of halogens is 2. The van der Waals surface area contributed by atoms with Crippen LogP contribution in [0.1, 0.15) is 53.9 Å². The van der Waals surface area contributed by atoms with Gasteiger partial charge in [-0.15, -0.1) is 11.3 Å². The van der Waals surface area contributed by atoms with Gasteiger partial charge in [0.15, 0.2) is 0 Å². The van der Waals surface area contributed by atoms with Crippen molar-refractivity contribution in [3.63, 3.8) is 0 Å². The number of hydrogen-bond donors (Lipinski definition) is 1. The number of fused-ring (bicyclic) bond motifs is 5. The van der Waals surface area contributed by atoms with E-state index in [0.29, 0.717) is 6.54 Å². The Balaban J connectivity index is 1.57. The van der Waals surface area contributed by atoms with E-state index in [9.17, 15) is 13.6 Å². The molecule has 3 aromatic rings. The summed E-state index contributed by atoms with van der Waals surface area (Å²) in [6, 6.07) is 6.58. The number of thiophene rings is 1. The zero-order chi connectivity index (χ0) is 20.8. The lowest BCUT2D eigenvalue weighted by molar-refractivity contribution is 0.181. The molecule has 5 rings (SSSR count). The van der Waals surface area contributed by atoms with Gasteiger partial charge in [-0.2, -0.15) is 0 Å². The maximum Gasteiger partial charge on any atom is 0.322 e. The van der Waals surface area contributed by atoms with E-state index >= 15 is 0 Å². The molecule has 0 unspecified atom stereocenters. The molecular weight excluding hydrogens is 404 g/mol. The number of aromatic nitrogens is 1. The summed E-state index contributed by atoms with van der Waals surface area (Å²) in [5, 5.41) is 3.79. The van der Waals surface area contributed by atoms with Crippen LogP contribution in [-0.4, -0.2) is 15.5 Å². The molecule has 0 spiro atoms. The zero-order valence-corrected chi connectivity index (χ0v) is 17.6. The topological polar surface area (TPSA) is 37.3 Å². The van der Waals surface area contributed by atoms with E-state index in [1.54, 1.807) is 4.90 Å². The molecule has 156 valence electrons. The van der Waals surface area contributed by atoms with Crippen LogP contribution in [0.15, 0.2) is 36.5 Å². The molecule has 30 heavy (non-hydrogen) atoms. The van der Waals surface area contributed by atoms with Crippen molar-refractivity contribution in [2.45, 2.75) is 51.6 Å². The van der Waals surface area contributed by atoms with Crippen molar-refractivity contribution in [3.05, 3.63) is 69.9 Å². The van der Waals surface area contributed by atoms with Crippen molar-refractivity contribution >= 4 is 23.1 Å². The molecule has 4 nitrogen and oxygen atoms in total. The lowest BCUT2D eigenvalue weighted by Gasteiger charge is -2.30. The van der Waals surface area contributed by atoms with Crippen LogP contribution >= 0.6 is 11.3 Å². The Morgan fingerprint density at radius 3 is 2.87 bits per heavy atom. The minimum atomic E-state index is -0.649. The maximum atomic E-state index is 14.2. The van der Waals surface area contributed by atoms with E-state index in [-0.39, 0.29) is 11.7 Å². The highest BCUT2D eigenvalue weighted by Gasteiger charge is 2.34. The Labute approximate surface area is 178 Å². The van der Waals surface area contributed by atoms with Crippen molar-refractivity contribution < 1.29 is 13.6 Å². The Morgan fingerprint density at radius 2 is 2.03 bits per heavy atom. The van der Waals surface area contributed by atoms with Crippen molar-refractivity contribution in [1.82, 2.24) is 9.47 Å². The largest absolute Gasteiger partial charge is 0.322 e. The molecule has 1 atom stereocenters. The Hall–Kier alpha value is -2.67. The smallest absolute Gasteiger partial charge is 0.312 e.